The minimum absolute atomic E-state index is 0.0512. The molecule has 6 nitrogen and oxygen atoms in total. The van der Waals surface area contributed by atoms with E-state index in [4.69, 9.17) is 0 Å². The Morgan fingerprint density at radius 3 is 3.09 bits per heavy atom. The van der Waals surface area contributed by atoms with Gasteiger partial charge in [0.25, 0.3) is 5.91 Å². The maximum atomic E-state index is 12.3. The van der Waals surface area contributed by atoms with E-state index in [0.29, 0.717) is 22.1 Å². The van der Waals surface area contributed by atoms with Gasteiger partial charge in [-0.15, -0.1) is 22.0 Å². The van der Waals surface area contributed by atoms with Gasteiger partial charge in [0.1, 0.15) is 5.01 Å². The summed E-state index contributed by atoms with van der Waals surface area (Å²) in [5.41, 5.74) is 1.16. The number of thioether (sulfide) groups is 1. The molecule has 0 unspecified atom stereocenters. The largest absolute Gasteiger partial charge is 0.324 e. The molecule has 23 heavy (non-hydrogen) atoms. The smallest absolute Gasteiger partial charge is 0.257 e. The molecule has 0 atom stereocenters. The number of amides is 2. The minimum Gasteiger partial charge on any atom is -0.324 e. The van der Waals surface area contributed by atoms with Crippen LogP contribution in [0.4, 0.5) is 10.8 Å². The summed E-state index contributed by atoms with van der Waals surface area (Å²) in [6, 6.07) is 5.28. The van der Waals surface area contributed by atoms with Crippen LogP contribution in [0.5, 0.6) is 0 Å². The highest BCUT2D eigenvalue weighted by molar-refractivity contribution is 8.00. The summed E-state index contributed by atoms with van der Waals surface area (Å²) in [4.78, 5) is 24.7. The number of fused-ring (bicyclic) bond motifs is 1. The molecule has 1 aliphatic heterocycles. The van der Waals surface area contributed by atoms with Crippen LogP contribution in [0.2, 0.25) is 0 Å². The van der Waals surface area contributed by atoms with Crippen molar-refractivity contribution in [2.75, 3.05) is 16.4 Å². The van der Waals surface area contributed by atoms with Crippen LogP contribution < -0.4 is 10.6 Å². The van der Waals surface area contributed by atoms with Crippen LogP contribution >= 0.6 is 23.1 Å². The molecule has 1 aliphatic rings. The maximum absolute atomic E-state index is 12.3. The van der Waals surface area contributed by atoms with Gasteiger partial charge < -0.3 is 5.32 Å². The molecule has 0 radical (unpaired) electrons. The Bertz CT molecular complexity index is 745. The molecule has 2 amide bonds. The maximum Gasteiger partial charge on any atom is 0.257 e. The predicted octanol–water partition coefficient (Wildman–Crippen LogP) is 3.18. The number of anilines is 2. The number of hydrogen-bond donors (Lipinski definition) is 2. The fraction of sp³-hybridized carbons (Fsp3) is 0.333. The number of unbranched alkanes of at least 4 members (excludes halogenated alkanes) is 1. The lowest BCUT2D eigenvalue weighted by atomic mass is 10.2. The second-order valence-corrected chi connectivity index (χ2v) is 7.19. The summed E-state index contributed by atoms with van der Waals surface area (Å²) in [5.74, 6) is 0.102. The summed E-state index contributed by atoms with van der Waals surface area (Å²) >= 11 is 2.87. The first kappa shape index (κ1) is 15.9. The molecular weight excluding hydrogens is 332 g/mol. The molecular formula is C15H16N4O2S2. The van der Waals surface area contributed by atoms with E-state index < -0.39 is 0 Å². The van der Waals surface area contributed by atoms with Gasteiger partial charge in [-0.25, -0.2) is 0 Å². The second kappa shape index (κ2) is 7.10. The summed E-state index contributed by atoms with van der Waals surface area (Å²) in [5, 5.41) is 15.0. The summed E-state index contributed by atoms with van der Waals surface area (Å²) in [6.45, 7) is 2.12. The van der Waals surface area contributed by atoms with Crippen molar-refractivity contribution in [3.63, 3.8) is 0 Å². The molecule has 0 aliphatic carbocycles. The quantitative estimate of drug-likeness (QED) is 0.867. The van der Waals surface area contributed by atoms with E-state index in [1.807, 2.05) is 6.07 Å². The van der Waals surface area contributed by atoms with Crippen LogP contribution in [0.25, 0.3) is 0 Å². The summed E-state index contributed by atoms with van der Waals surface area (Å²) in [7, 11) is 0. The second-order valence-electron chi connectivity index (χ2n) is 5.11. The molecule has 1 aromatic carbocycles. The summed E-state index contributed by atoms with van der Waals surface area (Å²) < 4.78 is 0. The standard InChI is InChI=1S/C15H16N4O2S2/c1-2-3-4-13-18-19-15(23-13)17-14(21)9-5-6-11-10(7-9)16-12(20)8-22-11/h5-7H,2-4,8H2,1H3,(H,16,20)(H,17,19,21). The molecule has 0 saturated heterocycles. The van der Waals surface area contributed by atoms with E-state index >= 15 is 0 Å². The fourth-order valence-corrected chi connectivity index (χ4v) is 3.69. The number of benzene rings is 1. The van der Waals surface area contributed by atoms with Gasteiger partial charge in [0, 0.05) is 16.9 Å². The van der Waals surface area contributed by atoms with E-state index in [1.54, 1.807) is 12.1 Å². The molecule has 2 aromatic rings. The van der Waals surface area contributed by atoms with E-state index in [2.05, 4.69) is 27.8 Å². The third-order valence-electron chi connectivity index (χ3n) is 3.31. The van der Waals surface area contributed by atoms with Gasteiger partial charge >= 0.3 is 0 Å². The molecule has 0 spiro atoms. The molecule has 1 aromatic heterocycles. The van der Waals surface area contributed by atoms with Crippen molar-refractivity contribution < 1.29 is 9.59 Å². The normalized spacial score (nSPS) is 13.3. The first-order chi connectivity index (χ1) is 11.2. The molecule has 2 N–H and O–H groups in total. The lowest BCUT2D eigenvalue weighted by Gasteiger charge is -2.16. The van der Waals surface area contributed by atoms with Crippen molar-refractivity contribution in [3.8, 4) is 0 Å². The Kier molecular flexibility index (Phi) is 4.92. The van der Waals surface area contributed by atoms with Crippen molar-refractivity contribution in [2.45, 2.75) is 31.1 Å². The number of aryl methyl sites for hydroxylation is 1. The Labute approximate surface area is 142 Å². The SMILES string of the molecule is CCCCc1nnc(NC(=O)c2ccc3c(c2)NC(=O)CS3)s1. The number of carbonyl (C=O) groups excluding carboxylic acids is 2. The van der Waals surface area contributed by atoms with E-state index in [-0.39, 0.29) is 11.8 Å². The van der Waals surface area contributed by atoms with Crippen molar-refractivity contribution in [1.29, 1.82) is 0 Å². The zero-order chi connectivity index (χ0) is 16.2. The highest BCUT2D eigenvalue weighted by Crippen LogP contribution is 2.32. The average Bonchev–Trinajstić information content (AvgIpc) is 2.99. The molecule has 3 rings (SSSR count). The highest BCUT2D eigenvalue weighted by atomic mass is 32.2. The number of aromatic nitrogens is 2. The van der Waals surface area contributed by atoms with Gasteiger partial charge in [-0.05, 0) is 24.6 Å². The van der Waals surface area contributed by atoms with Crippen LogP contribution in [-0.4, -0.2) is 27.8 Å². The third-order valence-corrected chi connectivity index (χ3v) is 5.28. The first-order valence-corrected chi connectivity index (χ1v) is 9.16. The molecule has 120 valence electrons. The average molecular weight is 348 g/mol. The number of rotatable bonds is 5. The molecule has 0 fully saturated rings. The van der Waals surface area contributed by atoms with Gasteiger partial charge in [-0.3, -0.25) is 14.9 Å². The van der Waals surface area contributed by atoms with E-state index in [1.165, 1.54) is 23.1 Å². The van der Waals surface area contributed by atoms with Gasteiger partial charge in [-0.1, -0.05) is 24.7 Å². The predicted molar refractivity (Wildman–Crippen MR) is 92.3 cm³/mol. The Morgan fingerprint density at radius 1 is 1.39 bits per heavy atom. The van der Waals surface area contributed by atoms with Crippen LogP contribution in [0.1, 0.15) is 35.1 Å². The molecule has 0 saturated carbocycles. The fourth-order valence-electron chi connectivity index (χ4n) is 2.13. The van der Waals surface area contributed by atoms with Gasteiger partial charge in [0.15, 0.2) is 0 Å². The zero-order valence-electron chi connectivity index (χ0n) is 12.6. The Hall–Kier alpha value is -1.93. The van der Waals surface area contributed by atoms with Gasteiger partial charge in [0.05, 0.1) is 11.4 Å². The Balaban J connectivity index is 1.69. The van der Waals surface area contributed by atoms with Gasteiger partial charge in [0.2, 0.25) is 11.0 Å². The molecule has 2 heterocycles. The van der Waals surface area contributed by atoms with Crippen LogP contribution in [0, 0.1) is 0 Å². The van der Waals surface area contributed by atoms with Crippen molar-refractivity contribution >= 4 is 45.7 Å². The van der Waals surface area contributed by atoms with E-state index in [9.17, 15) is 9.59 Å². The lowest BCUT2D eigenvalue weighted by molar-refractivity contribution is -0.113. The minimum atomic E-state index is -0.254. The number of nitrogens with zero attached hydrogens (tertiary/aromatic N) is 2. The monoisotopic (exact) mass is 348 g/mol. The van der Waals surface area contributed by atoms with Crippen LogP contribution in [0.15, 0.2) is 23.1 Å². The third kappa shape index (κ3) is 3.89. The number of carbonyl (C=O) groups is 2. The van der Waals surface area contributed by atoms with Crippen molar-refractivity contribution in [3.05, 3.63) is 28.8 Å². The van der Waals surface area contributed by atoms with Crippen molar-refractivity contribution in [1.82, 2.24) is 10.2 Å². The van der Waals surface area contributed by atoms with Gasteiger partial charge in [-0.2, -0.15) is 0 Å². The topological polar surface area (TPSA) is 84.0 Å². The molecule has 0 bridgehead atoms. The van der Waals surface area contributed by atoms with Crippen LogP contribution in [-0.2, 0) is 11.2 Å². The molecule has 8 heteroatoms. The Morgan fingerprint density at radius 2 is 2.26 bits per heavy atom. The highest BCUT2D eigenvalue weighted by Gasteiger charge is 2.18. The van der Waals surface area contributed by atoms with E-state index in [0.717, 1.165) is 29.2 Å². The lowest BCUT2D eigenvalue weighted by Crippen LogP contribution is -2.19. The zero-order valence-corrected chi connectivity index (χ0v) is 14.2. The van der Waals surface area contributed by atoms with Crippen molar-refractivity contribution in [2.24, 2.45) is 0 Å². The first-order valence-electron chi connectivity index (χ1n) is 7.36. The van der Waals surface area contributed by atoms with Crippen LogP contribution in [0.3, 0.4) is 0 Å². The summed E-state index contributed by atoms with van der Waals surface area (Å²) in [6.07, 6.45) is 3.04. The number of nitrogens with one attached hydrogen (secondary N) is 2. The number of hydrogen-bond acceptors (Lipinski definition) is 6.